The summed E-state index contributed by atoms with van der Waals surface area (Å²) in [6.45, 7) is 6.40. The lowest BCUT2D eigenvalue weighted by Gasteiger charge is -2.55. The Hall–Kier alpha value is -2.29. The van der Waals surface area contributed by atoms with Crippen LogP contribution in [0, 0.1) is 17.3 Å². The molecule has 3 aliphatic rings. The zero-order valence-electron chi connectivity index (χ0n) is 19.6. The van der Waals surface area contributed by atoms with Crippen LogP contribution in [0.25, 0.3) is 0 Å². The zero-order chi connectivity index (χ0) is 22.3. The molecule has 2 aliphatic carbocycles. The highest BCUT2D eigenvalue weighted by molar-refractivity contribution is 5.83. The lowest BCUT2D eigenvalue weighted by Crippen LogP contribution is -2.57. The molecule has 2 fully saturated rings. The van der Waals surface area contributed by atoms with Crippen molar-refractivity contribution >= 4 is 5.91 Å². The van der Waals surface area contributed by atoms with E-state index in [0.717, 1.165) is 64.5 Å². The van der Waals surface area contributed by atoms with Crippen molar-refractivity contribution in [1.29, 1.82) is 0 Å². The van der Waals surface area contributed by atoms with Gasteiger partial charge in [-0.2, -0.15) is 0 Å². The normalized spacial score (nSPS) is 30.4. The fourth-order valence-electron chi connectivity index (χ4n) is 7.35. The molecular weight excluding hydrogens is 394 g/mol. The first-order valence-corrected chi connectivity index (χ1v) is 12.6. The van der Waals surface area contributed by atoms with E-state index in [4.69, 9.17) is 0 Å². The predicted octanol–water partition coefficient (Wildman–Crippen LogP) is 5.88. The number of amides is 1. The Kier molecular flexibility index (Phi) is 5.55. The van der Waals surface area contributed by atoms with Crippen LogP contribution in [0.5, 0.6) is 5.75 Å². The molecule has 0 bridgehead atoms. The maximum absolute atomic E-state index is 14.0. The second-order valence-corrected chi connectivity index (χ2v) is 11.0. The largest absolute Gasteiger partial charge is 0.508 e. The molecule has 1 saturated heterocycles. The molecule has 2 aromatic rings. The number of aryl methyl sites for hydroxylation is 1. The van der Waals surface area contributed by atoms with Gasteiger partial charge in [0.25, 0.3) is 0 Å². The van der Waals surface area contributed by atoms with E-state index in [-0.39, 0.29) is 10.8 Å². The van der Waals surface area contributed by atoms with Crippen LogP contribution in [-0.2, 0) is 23.1 Å². The first kappa shape index (κ1) is 21.6. The highest BCUT2D eigenvalue weighted by Crippen LogP contribution is 2.58. The van der Waals surface area contributed by atoms with Crippen molar-refractivity contribution in [2.24, 2.45) is 17.3 Å². The Morgan fingerprint density at radius 3 is 2.53 bits per heavy atom. The molecule has 1 aliphatic heterocycles. The maximum atomic E-state index is 14.0. The topological polar surface area (TPSA) is 40.5 Å². The number of rotatable bonds is 3. The van der Waals surface area contributed by atoms with Crippen LogP contribution in [0.1, 0.15) is 69.1 Å². The minimum absolute atomic E-state index is 0.0272. The molecule has 3 nitrogen and oxygen atoms in total. The second-order valence-electron chi connectivity index (χ2n) is 11.0. The number of phenolic OH excluding ortho intramolecular Hbond substituents is 1. The van der Waals surface area contributed by atoms with Crippen LogP contribution in [0.15, 0.2) is 48.5 Å². The second kappa shape index (κ2) is 8.24. The van der Waals surface area contributed by atoms with Crippen molar-refractivity contribution in [1.82, 2.24) is 4.90 Å². The van der Waals surface area contributed by atoms with Gasteiger partial charge < -0.3 is 10.0 Å². The number of benzene rings is 2. The molecule has 2 aromatic carbocycles. The third kappa shape index (κ3) is 3.64. The number of fused-ring (bicyclic) bond motifs is 3. The number of hydrogen-bond donors (Lipinski definition) is 1. The maximum Gasteiger partial charge on any atom is 0.228 e. The number of aromatic hydroxyl groups is 1. The SMILES string of the molecule is C[C@]1(C(=O)N2CCC(Cc3ccccc3)CC2)CCC[C@]2(C)c3cc(O)ccc3CC[C@@H]12. The Labute approximate surface area is 192 Å². The molecule has 0 radical (unpaired) electrons. The third-order valence-electron chi connectivity index (χ3n) is 9.10. The number of likely N-dealkylation sites (tertiary alicyclic amines) is 1. The van der Waals surface area contributed by atoms with Crippen LogP contribution in [0.3, 0.4) is 0 Å². The van der Waals surface area contributed by atoms with Gasteiger partial charge in [0.2, 0.25) is 5.91 Å². The number of piperidine rings is 1. The first-order valence-electron chi connectivity index (χ1n) is 12.6. The van der Waals surface area contributed by atoms with Gasteiger partial charge in [-0.3, -0.25) is 4.79 Å². The van der Waals surface area contributed by atoms with E-state index in [2.05, 4.69) is 55.1 Å². The minimum Gasteiger partial charge on any atom is -0.508 e. The predicted molar refractivity (Wildman–Crippen MR) is 129 cm³/mol. The smallest absolute Gasteiger partial charge is 0.228 e. The van der Waals surface area contributed by atoms with E-state index in [9.17, 15) is 9.90 Å². The van der Waals surface area contributed by atoms with E-state index in [1.165, 1.54) is 16.7 Å². The van der Waals surface area contributed by atoms with Crippen LogP contribution in [0.4, 0.5) is 0 Å². The summed E-state index contributed by atoms with van der Waals surface area (Å²) in [7, 11) is 0. The lowest BCUT2D eigenvalue weighted by atomic mass is 9.49. The van der Waals surface area contributed by atoms with Gasteiger partial charge in [-0.1, -0.05) is 56.7 Å². The van der Waals surface area contributed by atoms with Gasteiger partial charge in [0.1, 0.15) is 5.75 Å². The van der Waals surface area contributed by atoms with Crippen molar-refractivity contribution in [3.63, 3.8) is 0 Å². The number of nitrogens with zero attached hydrogens (tertiary/aromatic N) is 1. The van der Waals surface area contributed by atoms with E-state index in [0.29, 0.717) is 23.5 Å². The van der Waals surface area contributed by atoms with E-state index in [1.807, 2.05) is 12.1 Å². The average Bonchev–Trinajstić information content (AvgIpc) is 2.80. The minimum atomic E-state index is -0.303. The Morgan fingerprint density at radius 2 is 1.78 bits per heavy atom. The molecule has 1 amide bonds. The molecule has 1 N–H and O–H groups in total. The van der Waals surface area contributed by atoms with E-state index >= 15 is 0 Å². The summed E-state index contributed by atoms with van der Waals surface area (Å²) >= 11 is 0. The fraction of sp³-hybridized carbons (Fsp3) is 0.552. The molecule has 1 heterocycles. The first-order chi connectivity index (χ1) is 15.4. The summed E-state index contributed by atoms with van der Waals surface area (Å²) in [4.78, 5) is 16.2. The van der Waals surface area contributed by atoms with Gasteiger partial charge in [-0.15, -0.1) is 0 Å². The van der Waals surface area contributed by atoms with E-state index in [1.54, 1.807) is 0 Å². The third-order valence-corrected chi connectivity index (χ3v) is 9.10. The average molecular weight is 432 g/mol. The van der Waals surface area contributed by atoms with Gasteiger partial charge in [0.15, 0.2) is 0 Å². The van der Waals surface area contributed by atoms with Crippen LogP contribution >= 0.6 is 0 Å². The summed E-state index contributed by atoms with van der Waals surface area (Å²) in [5.74, 6) is 1.75. The van der Waals surface area contributed by atoms with Crippen molar-refractivity contribution in [3.8, 4) is 5.75 Å². The molecule has 5 rings (SSSR count). The molecule has 0 aromatic heterocycles. The molecule has 3 atom stereocenters. The zero-order valence-corrected chi connectivity index (χ0v) is 19.6. The molecule has 32 heavy (non-hydrogen) atoms. The molecular formula is C29H37NO2. The monoisotopic (exact) mass is 431 g/mol. The van der Waals surface area contributed by atoms with Crippen molar-refractivity contribution in [3.05, 3.63) is 65.2 Å². The number of carbonyl (C=O) groups is 1. The Morgan fingerprint density at radius 1 is 1.03 bits per heavy atom. The van der Waals surface area contributed by atoms with Crippen LogP contribution < -0.4 is 0 Å². The van der Waals surface area contributed by atoms with Gasteiger partial charge >= 0.3 is 0 Å². The Balaban J connectivity index is 1.32. The standard InChI is InChI=1S/C29H37NO2/c1-28-15-6-16-29(2,26(28)12-10-23-9-11-24(31)20-25(23)28)27(32)30-17-13-22(14-18-30)19-21-7-4-3-5-8-21/h3-5,7-9,11,20,22,26,31H,6,10,12-19H2,1-2H3/t26-,28-,29+/m1/s1. The molecule has 1 saturated carbocycles. The van der Waals surface area contributed by atoms with Gasteiger partial charge in [0, 0.05) is 13.1 Å². The van der Waals surface area contributed by atoms with Gasteiger partial charge in [-0.25, -0.2) is 0 Å². The highest BCUT2D eigenvalue weighted by Gasteiger charge is 2.56. The molecule has 170 valence electrons. The van der Waals surface area contributed by atoms with Crippen molar-refractivity contribution < 1.29 is 9.90 Å². The van der Waals surface area contributed by atoms with Crippen molar-refractivity contribution in [2.75, 3.05) is 13.1 Å². The van der Waals surface area contributed by atoms with Crippen molar-refractivity contribution in [2.45, 2.75) is 70.6 Å². The summed E-state index contributed by atoms with van der Waals surface area (Å²) in [6.07, 6.45) is 8.60. The molecule has 3 heteroatoms. The number of carbonyl (C=O) groups excluding carboxylic acids is 1. The summed E-state index contributed by atoms with van der Waals surface area (Å²) in [5, 5.41) is 10.2. The quantitative estimate of drug-likeness (QED) is 0.659. The fourth-order valence-corrected chi connectivity index (χ4v) is 7.35. The number of phenols is 1. The summed E-state index contributed by atoms with van der Waals surface area (Å²) in [5.41, 5.74) is 3.73. The summed E-state index contributed by atoms with van der Waals surface area (Å²) < 4.78 is 0. The number of hydrogen-bond acceptors (Lipinski definition) is 2. The summed E-state index contributed by atoms with van der Waals surface area (Å²) in [6, 6.07) is 16.7. The van der Waals surface area contributed by atoms with Gasteiger partial charge in [-0.05, 0) is 91.0 Å². The van der Waals surface area contributed by atoms with E-state index < -0.39 is 0 Å². The molecule has 0 spiro atoms. The molecule has 0 unspecified atom stereocenters. The Bertz CT molecular complexity index is 978. The van der Waals surface area contributed by atoms with Crippen LogP contribution in [-0.4, -0.2) is 29.0 Å². The highest BCUT2D eigenvalue weighted by atomic mass is 16.3. The lowest BCUT2D eigenvalue weighted by molar-refractivity contribution is -0.152. The van der Waals surface area contributed by atoms with Gasteiger partial charge in [0.05, 0.1) is 5.41 Å². The van der Waals surface area contributed by atoms with Crippen LogP contribution in [0.2, 0.25) is 0 Å².